The van der Waals surface area contributed by atoms with Crippen LogP contribution in [0.4, 0.5) is 19.0 Å². The van der Waals surface area contributed by atoms with Crippen molar-refractivity contribution < 1.29 is 22.8 Å². The third-order valence-corrected chi connectivity index (χ3v) is 7.31. The van der Waals surface area contributed by atoms with E-state index in [9.17, 15) is 22.8 Å². The third-order valence-electron chi connectivity index (χ3n) is 7.31. The zero-order valence-electron chi connectivity index (χ0n) is 20.6. The summed E-state index contributed by atoms with van der Waals surface area (Å²) in [6.45, 7) is 5.16. The molecule has 1 saturated carbocycles. The van der Waals surface area contributed by atoms with Crippen molar-refractivity contribution in [2.45, 2.75) is 70.3 Å². The monoisotopic (exact) mass is 506 g/mol. The summed E-state index contributed by atoms with van der Waals surface area (Å²) in [6, 6.07) is 4.06. The summed E-state index contributed by atoms with van der Waals surface area (Å²) in [6.07, 6.45) is 2.07. The van der Waals surface area contributed by atoms with Crippen molar-refractivity contribution in [3.8, 4) is 0 Å². The number of nitrogens with one attached hydrogen (secondary N) is 3. The molecule has 2 amide bonds. The highest BCUT2D eigenvalue weighted by Crippen LogP contribution is 2.33. The molecule has 1 atom stereocenters. The van der Waals surface area contributed by atoms with E-state index in [1.165, 1.54) is 12.4 Å². The Bertz CT molecular complexity index is 1080. The first-order valence-electron chi connectivity index (χ1n) is 12.5. The molecule has 1 saturated heterocycles. The average Bonchev–Trinajstić information content (AvgIpc) is 2.82. The Labute approximate surface area is 208 Å². The molecule has 2 heterocycles. The van der Waals surface area contributed by atoms with Crippen LogP contribution in [0.1, 0.15) is 51.5 Å². The van der Waals surface area contributed by atoms with Crippen molar-refractivity contribution >= 4 is 28.5 Å². The van der Waals surface area contributed by atoms with E-state index in [2.05, 4.69) is 37.7 Å². The molecule has 11 heteroatoms. The molecule has 196 valence electrons. The van der Waals surface area contributed by atoms with Gasteiger partial charge in [-0.3, -0.25) is 14.5 Å². The number of carbonyl (C=O) groups is 2. The summed E-state index contributed by atoms with van der Waals surface area (Å²) >= 11 is 0. The van der Waals surface area contributed by atoms with Crippen LogP contribution in [-0.4, -0.2) is 64.4 Å². The molecule has 1 aliphatic heterocycles. The van der Waals surface area contributed by atoms with Gasteiger partial charge in [-0.05, 0) is 56.2 Å². The van der Waals surface area contributed by atoms with Crippen molar-refractivity contribution in [2.24, 2.45) is 5.92 Å². The maximum Gasteiger partial charge on any atom is 0.416 e. The summed E-state index contributed by atoms with van der Waals surface area (Å²) in [5, 5.41) is 9.13. The topological polar surface area (TPSA) is 99.2 Å². The van der Waals surface area contributed by atoms with E-state index in [-0.39, 0.29) is 41.6 Å². The van der Waals surface area contributed by atoms with E-state index in [1.54, 1.807) is 6.92 Å². The Balaban J connectivity index is 1.22. The van der Waals surface area contributed by atoms with Crippen LogP contribution in [-0.2, 0) is 15.8 Å². The first kappa shape index (κ1) is 26.1. The van der Waals surface area contributed by atoms with Gasteiger partial charge in [0.2, 0.25) is 11.8 Å². The number of alkyl halides is 3. The largest absolute Gasteiger partial charge is 0.416 e. The van der Waals surface area contributed by atoms with Crippen molar-refractivity contribution in [3.63, 3.8) is 0 Å². The first-order valence-corrected chi connectivity index (χ1v) is 12.5. The number of likely N-dealkylation sites (tertiary alicyclic amines) is 1. The Morgan fingerprint density at radius 2 is 1.86 bits per heavy atom. The summed E-state index contributed by atoms with van der Waals surface area (Å²) in [7, 11) is 0. The Kier molecular flexibility index (Phi) is 7.97. The molecular weight excluding hydrogens is 473 g/mol. The molecule has 36 heavy (non-hydrogen) atoms. The fraction of sp³-hybridized carbons (Fsp3) is 0.600. The molecule has 8 nitrogen and oxygen atoms in total. The maximum absolute atomic E-state index is 13.1. The minimum Gasteiger partial charge on any atom is -0.360 e. The lowest BCUT2D eigenvalue weighted by atomic mass is 9.79. The summed E-state index contributed by atoms with van der Waals surface area (Å²) in [5.74, 6) is 0.503. The number of hydrogen-bond donors (Lipinski definition) is 3. The number of rotatable bonds is 8. The van der Waals surface area contributed by atoms with Crippen LogP contribution in [0.15, 0.2) is 24.5 Å². The van der Waals surface area contributed by atoms with Crippen LogP contribution in [0.3, 0.4) is 0 Å². The van der Waals surface area contributed by atoms with Gasteiger partial charge in [-0.2, -0.15) is 13.2 Å². The van der Waals surface area contributed by atoms with Crippen molar-refractivity contribution in [2.75, 3.05) is 25.0 Å². The highest BCUT2D eigenvalue weighted by atomic mass is 19.4. The maximum atomic E-state index is 13.1. The molecule has 0 unspecified atom stereocenters. The van der Waals surface area contributed by atoms with Gasteiger partial charge in [-0.1, -0.05) is 6.92 Å². The van der Waals surface area contributed by atoms with Gasteiger partial charge in [0, 0.05) is 37.5 Å². The molecule has 1 aliphatic carbocycles. The minimum atomic E-state index is -4.48. The van der Waals surface area contributed by atoms with E-state index in [0.29, 0.717) is 17.5 Å². The number of halogens is 3. The standard InChI is InChI=1S/C25H33F3N6O2/c1-3-21(32-15(2)35)16-4-7-19(8-5-16)34-12-18(13-34)33-23(36)11-29-24-20-10-17(25(26,27)28)6-9-22(20)30-14-31-24/h6,9-10,14,16,18-19,21H,3-5,7-8,11-13H2,1-2H3,(H,32,35)(H,33,36)(H,29,30,31)/t16-,19-,21-/m0/s1. The second-order valence-corrected chi connectivity index (χ2v) is 9.81. The number of fused-ring (bicyclic) bond motifs is 1. The molecule has 2 fully saturated rings. The van der Waals surface area contributed by atoms with Crippen molar-refractivity contribution in [1.82, 2.24) is 25.5 Å². The number of amides is 2. The predicted molar refractivity (Wildman–Crippen MR) is 130 cm³/mol. The summed E-state index contributed by atoms with van der Waals surface area (Å²) < 4.78 is 39.3. The smallest absolute Gasteiger partial charge is 0.360 e. The van der Waals surface area contributed by atoms with E-state index in [1.807, 2.05) is 0 Å². The molecule has 3 N–H and O–H groups in total. The van der Waals surface area contributed by atoms with E-state index < -0.39 is 11.7 Å². The lowest BCUT2D eigenvalue weighted by Crippen LogP contribution is -2.63. The van der Waals surface area contributed by atoms with Crippen molar-refractivity contribution in [3.05, 3.63) is 30.1 Å². The summed E-state index contributed by atoms with van der Waals surface area (Å²) in [5.41, 5.74) is -0.422. The van der Waals surface area contributed by atoms with Crippen LogP contribution in [0.2, 0.25) is 0 Å². The van der Waals surface area contributed by atoms with Crippen LogP contribution >= 0.6 is 0 Å². The predicted octanol–water partition coefficient (Wildman–Crippen LogP) is 3.33. The molecule has 1 aromatic heterocycles. The average molecular weight is 507 g/mol. The van der Waals surface area contributed by atoms with Gasteiger partial charge < -0.3 is 16.0 Å². The van der Waals surface area contributed by atoms with E-state index in [0.717, 1.165) is 57.3 Å². The Hall–Kier alpha value is -2.95. The molecule has 2 aliphatic rings. The van der Waals surface area contributed by atoms with Crippen LogP contribution in [0.5, 0.6) is 0 Å². The fourth-order valence-corrected chi connectivity index (χ4v) is 5.40. The molecule has 0 spiro atoms. The minimum absolute atomic E-state index is 0.0266. The lowest BCUT2D eigenvalue weighted by Gasteiger charge is -2.47. The molecular formula is C25H33F3N6O2. The quantitative estimate of drug-likeness (QED) is 0.508. The van der Waals surface area contributed by atoms with Crippen LogP contribution in [0.25, 0.3) is 10.9 Å². The molecule has 0 bridgehead atoms. The zero-order chi connectivity index (χ0) is 25.9. The van der Waals surface area contributed by atoms with Crippen LogP contribution in [0, 0.1) is 5.92 Å². The van der Waals surface area contributed by atoms with Gasteiger partial charge in [0.25, 0.3) is 0 Å². The van der Waals surface area contributed by atoms with Gasteiger partial charge in [0.1, 0.15) is 12.1 Å². The second-order valence-electron chi connectivity index (χ2n) is 9.81. The van der Waals surface area contributed by atoms with Crippen molar-refractivity contribution in [1.29, 1.82) is 0 Å². The number of benzene rings is 1. The van der Waals surface area contributed by atoms with Gasteiger partial charge in [-0.25, -0.2) is 9.97 Å². The zero-order valence-corrected chi connectivity index (χ0v) is 20.6. The number of aromatic nitrogens is 2. The molecule has 2 aromatic rings. The second kappa shape index (κ2) is 11.0. The first-order chi connectivity index (χ1) is 17.1. The SMILES string of the molecule is CC[C@H](NC(C)=O)[C@H]1CC[C@H](N2CC(NC(=O)CNc3ncnc4ccc(C(F)(F)F)cc34)C2)CC1. The van der Waals surface area contributed by atoms with Gasteiger partial charge in [0.05, 0.1) is 23.7 Å². The number of hydrogen-bond acceptors (Lipinski definition) is 6. The molecule has 4 rings (SSSR count). The number of carbonyl (C=O) groups excluding carboxylic acids is 2. The van der Waals surface area contributed by atoms with E-state index >= 15 is 0 Å². The molecule has 1 aromatic carbocycles. The van der Waals surface area contributed by atoms with Gasteiger partial charge in [0.15, 0.2) is 0 Å². The highest BCUT2D eigenvalue weighted by Gasteiger charge is 2.36. The number of nitrogens with zero attached hydrogens (tertiary/aromatic N) is 3. The highest BCUT2D eigenvalue weighted by molar-refractivity contribution is 5.91. The summed E-state index contributed by atoms with van der Waals surface area (Å²) in [4.78, 5) is 34.3. The number of anilines is 1. The Morgan fingerprint density at radius 1 is 1.14 bits per heavy atom. The van der Waals surface area contributed by atoms with Crippen LogP contribution < -0.4 is 16.0 Å². The van der Waals surface area contributed by atoms with Gasteiger partial charge in [-0.15, -0.1) is 0 Å². The normalized spacial score (nSPS) is 22.0. The van der Waals surface area contributed by atoms with E-state index in [4.69, 9.17) is 0 Å². The fourth-order valence-electron chi connectivity index (χ4n) is 5.40. The van der Waals surface area contributed by atoms with Gasteiger partial charge >= 0.3 is 6.18 Å². The molecule has 0 radical (unpaired) electrons. The third kappa shape index (κ3) is 6.24. The lowest BCUT2D eigenvalue weighted by molar-refractivity contribution is -0.137. The Morgan fingerprint density at radius 3 is 2.50 bits per heavy atom.